The van der Waals surface area contributed by atoms with Crippen LogP contribution in [0.15, 0.2) is 146 Å². The van der Waals surface area contributed by atoms with Crippen LogP contribution in [0.2, 0.25) is 0 Å². The number of allylic oxidation sites excluding steroid dienone is 24. The van der Waals surface area contributed by atoms with E-state index in [1.54, 1.807) is 0 Å². The average molecular weight is 1300 g/mol. The minimum Gasteiger partial charge on any atom is -0.462 e. The molecule has 0 heterocycles. The van der Waals surface area contributed by atoms with Gasteiger partial charge in [-0.2, -0.15) is 0 Å². The summed E-state index contributed by atoms with van der Waals surface area (Å²) < 4.78 is 34.8. The molecule has 1 N–H and O–H groups in total. The van der Waals surface area contributed by atoms with Crippen molar-refractivity contribution in [3.05, 3.63) is 146 Å². The molecule has 526 valence electrons. The van der Waals surface area contributed by atoms with Crippen molar-refractivity contribution in [2.75, 3.05) is 47.5 Å². The Bertz CT molecular complexity index is 2070. The second-order valence-corrected chi connectivity index (χ2v) is 27.4. The molecule has 0 rings (SSSR count). The molecule has 0 aliphatic heterocycles. The lowest BCUT2D eigenvalue weighted by molar-refractivity contribution is -0.870. The van der Waals surface area contributed by atoms with Crippen LogP contribution >= 0.6 is 7.82 Å². The summed E-state index contributed by atoms with van der Waals surface area (Å²) in [5.74, 6) is -0.801. The Morgan fingerprint density at radius 3 is 0.870 bits per heavy atom. The van der Waals surface area contributed by atoms with Gasteiger partial charge in [-0.1, -0.05) is 327 Å². The maximum absolute atomic E-state index is 12.9. The molecule has 0 spiro atoms. The molecule has 0 aliphatic rings. The van der Waals surface area contributed by atoms with Gasteiger partial charge in [0.25, 0.3) is 0 Å². The van der Waals surface area contributed by atoms with Crippen molar-refractivity contribution in [1.29, 1.82) is 0 Å². The van der Waals surface area contributed by atoms with Crippen LogP contribution in [0.5, 0.6) is 0 Å². The fourth-order valence-electron chi connectivity index (χ4n) is 10.2. The number of ether oxygens (including phenoxy) is 2. The van der Waals surface area contributed by atoms with Crippen LogP contribution in [-0.4, -0.2) is 74.9 Å². The molecule has 2 atom stereocenters. The lowest BCUT2D eigenvalue weighted by Gasteiger charge is -2.24. The van der Waals surface area contributed by atoms with Gasteiger partial charge in [-0.05, 0) is 116 Å². The Labute approximate surface area is 567 Å². The molecule has 0 saturated carbocycles. The fourth-order valence-corrected chi connectivity index (χ4v) is 10.9. The summed E-state index contributed by atoms with van der Waals surface area (Å²) in [6.07, 6.45) is 105. The van der Waals surface area contributed by atoms with Crippen LogP contribution in [0, 0.1) is 0 Å². The molecule has 0 bridgehead atoms. The SMILES string of the molecule is CC/C=C\C/C=C\C/C=C\C/C=C\C/C=C\C/C=C\C/C=C\CCCCCCCCCCCC(=O)OC(COC(=O)CCCCCCCCCCCCCCCCCCCCCCC/C=C\C/C=C\C/C=C\C/C=C\C/C=C\CC)COP(=O)(O)OCC[N+](C)(C)C. The molecule has 0 aromatic rings. The Kier molecular flexibility index (Phi) is 68.0. The van der Waals surface area contributed by atoms with Crippen molar-refractivity contribution in [1.82, 2.24) is 0 Å². The molecule has 0 saturated heterocycles. The number of carbonyl (C=O) groups is 2. The minimum absolute atomic E-state index is 0.0254. The zero-order chi connectivity index (χ0) is 66.9. The third kappa shape index (κ3) is 74.9. The molecule has 0 aliphatic carbocycles. The van der Waals surface area contributed by atoms with Crippen LogP contribution in [0.3, 0.4) is 0 Å². The first-order valence-corrected chi connectivity index (χ1v) is 39.1. The van der Waals surface area contributed by atoms with Gasteiger partial charge in [0.2, 0.25) is 0 Å². The van der Waals surface area contributed by atoms with E-state index < -0.39 is 26.5 Å². The summed E-state index contributed by atoms with van der Waals surface area (Å²) in [5.41, 5.74) is 0. The van der Waals surface area contributed by atoms with Crippen LogP contribution in [0.25, 0.3) is 0 Å². The van der Waals surface area contributed by atoms with Gasteiger partial charge < -0.3 is 18.9 Å². The Morgan fingerprint density at radius 2 is 0.587 bits per heavy atom. The minimum atomic E-state index is -4.40. The fraction of sp³-hybridized carbons (Fsp3) is 0.683. The third-order valence-corrected chi connectivity index (χ3v) is 16.8. The summed E-state index contributed by atoms with van der Waals surface area (Å²) in [5, 5.41) is 0. The number of carbonyl (C=O) groups excluding carboxylic acids is 2. The summed E-state index contributed by atoms with van der Waals surface area (Å²) in [7, 11) is 1.47. The second-order valence-electron chi connectivity index (χ2n) is 25.9. The van der Waals surface area contributed by atoms with Crippen molar-refractivity contribution >= 4 is 19.8 Å². The van der Waals surface area contributed by atoms with E-state index >= 15 is 0 Å². The summed E-state index contributed by atoms with van der Waals surface area (Å²) in [6.45, 7) is 4.22. The highest BCUT2D eigenvalue weighted by Crippen LogP contribution is 2.43. The number of rotatable bonds is 68. The van der Waals surface area contributed by atoms with Gasteiger partial charge in [-0.3, -0.25) is 18.6 Å². The van der Waals surface area contributed by atoms with Crippen LogP contribution in [-0.2, 0) is 32.7 Å². The highest BCUT2D eigenvalue weighted by atomic mass is 31.2. The molecular formula is C82H141NO8P+. The Balaban J connectivity index is 4.02. The van der Waals surface area contributed by atoms with E-state index in [0.29, 0.717) is 17.4 Å². The second kappa shape index (κ2) is 71.2. The molecule has 0 amide bonds. The van der Waals surface area contributed by atoms with Crippen molar-refractivity contribution in [3.8, 4) is 0 Å². The van der Waals surface area contributed by atoms with Gasteiger partial charge in [0.05, 0.1) is 27.7 Å². The van der Waals surface area contributed by atoms with Crippen molar-refractivity contribution in [2.24, 2.45) is 0 Å². The highest BCUT2D eigenvalue weighted by molar-refractivity contribution is 7.47. The highest BCUT2D eigenvalue weighted by Gasteiger charge is 2.27. The monoisotopic (exact) mass is 1300 g/mol. The third-order valence-electron chi connectivity index (χ3n) is 15.9. The number of phosphoric ester groups is 1. The number of nitrogens with zero attached hydrogens (tertiary/aromatic N) is 1. The smallest absolute Gasteiger partial charge is 0.462 e. The summed E-state index contributed by atoms with van der Waals surface area (Å²) in [4.78, 5) is 35.9. The van der Waals surface area contributed by atoms with E-state index in [9.17, 15) is 19.0 Å². The van der Waals surface area contributed by atoms with Crippen LogP contribution in [0.4, 0.5) is 0 Å². The first-order valence-electron chi connectivity index (χ1n) is 37.6. The molecule has 10 heteroatoms. The van der Waals surface area contributed by atoms with Crippen molar-refractivity contribution < 1.29 is 42.1 Å². The van der Waals surface area contributed by atoms with E-state index in [1.807, 2.05) is 21.1 Å². The predicted octanol–water partition coefficient (Wildman–Crippen LogP) is 24.9. The summed E-state index contributed by atoms with van der Waals surface area (Å²) >= 11 is 0. The first kappa shape index (κ1) is 87.9. The van der Waals surface area contributed by atoms with E-state index in [0.717, 1.165) is 122 Å². The Morgan fingerprint density at radius 1 is 0.337 bits per heavy atom. The van der Waals surface area contributed by atoms with Gasteiger partial charge >= 0.3 is 19.8 Å². The molecule has 2 unspecified atom stereocenters. The number of phosphoric acid groups is 1. The average Bonchev–Trinajstić information content (AvgIpc) is 2.14. The zero-order valence-corrected chi connectivity index (χ0v) is 60.9. The lowest BCUT2D eigenvalue weighted by atomic mass is 10.0. The maximum atomic E-state index is 12.9. The predicted molar refractivity (Wildman–Crippen MR) is 399 cm³/mol. The van der Waals surface area contributed by atoms with E-state index in [1.165, 1.54) is 154 Å². The number of unbranched alkanes of at least 4 members (excludes halogenated alkanes) is 30. The first-order chi connectivity index (χ1) is 45.0. The van der Waals surface area contributed by atoms with Gasteiger partial charge in [0.15, 0.2) is 6.10 Å². The summed E-state index contributed by atoms with van der Waals surface area (Å²) in [6, 6.07) is 0. The van der Waals surface area contributed by atoms with Gasteiger partial charge in [0, 0.05) is 12.8 Å². The zero-order valence-electron chi connectivity index (χ0n) is 60.0. The lowest BCUT2D eigenvalue weighted by Crippen LogP contribution is -2.37. The topological polar surface area (TPSA) is 108 Å². The normalized spacial score (nSPS) is 13.9. The van der Waals surface area contributed by atoms with Gasteiger partial charge in [-0.25, -0.2) is 4.57 Å². The number of quaternary nitrogens is 1. The molecule has 0 aromatic heterocycles. The molecule has 0 fully saturated rings. The number of hydrogen-bond acceptors (Lipinski definition) is 7. The van der Waals surface area contributed by atoms with Crippen LogP contribution < -0.4 is 0 Å². The van der Waals surface area contributed by atoms with Gasteiger partial charge in [-0.15, -0.1) is 0 Å². The number of esters is 2. The quantitative estimate of drug-likeness (QED) is 0.0211. The molecular weight excluding hydrogens is 1160 g/mol. The van der Waals surface area contributed by atoms with Gasteiger partial charge in [0.1, 0.15) is 19.8 Å². The van der Waals surface area contributed by atoms with E-state index in [4.69, 9.17) is 18.5 Å². The molecule has 0 aromatic carbocycles. The number of likely N-dealkylation sites (N-methyl/N-ethyl adjacent to an activating group) is 1. The molecule has 0 radical (unpaired) electrons. The van der Waals surface area contributed by atoms with E-state index in [2.05, 4.69) is 160 Å². The Hall–Kier alpha value is -4.11. The largest absolute Gasteiger partial charge is 0.472 e. The standard InChI is InChI=1S/C82H140NO8P/c1-6-8-10-12-14-16-18-20-22-24-26-28-30-32-34-36-38-39-40-41-42-43-45-46-48-50-52-54-56-58-60-62-64-66-68-70-72-74-81(84)88-78-80(79-90-92(86,87)89-77-76-83(3,4)5)91-82(85)75-73-71-69-67-65-63-61-59-57-55-53-51-49-47-44-37-35-33-31-29-27-25-23-21-19-17-15-13-11-9-7-2/h8-11,14-17,20-23,26-29,32-35,44,47,51,53,80H,6-7,12-13,18-19,24-25,30-31,36-43,45-46,48-50,52,54-79H2,1-5H3/p+1/b10-8-,11-9-,16-14-,17-15-,22-20-,23-21-,28-26-,29-27-,34-32-,35-33-,47-44-,53-51-. The van der Waals surface area contributed by atoms with Crippen LogP contribution in [0.1, 0.15) is 309 Å². The van der Waals surface area contributed by atoms with Crippen molar-refractivity contribution in [2.45, 2.75) is 315 Å². The molecule has 92 heavy (non-hydrogen) atoms. The maximum Gasteiger partial charge on any atom is 0.472 e. The van der Waals surface area contributed by atoms with E-state index in [-0.39, 0.29) is 32.0 Å². The van der Waals surface area contributed by atoms with Crippen molar-refractivity contribution in [3.63, 3.8) is 0 Å². The number of hydrogen-bond donors (Lipinski definition) is 1. The molecule has 9 nitrogen and oxygen atoms in total.